The molecule has 0 aromatic carbocycles. The number of thiol groups is 4. The molecule has 0 atom stereocenters. The first-order valence-corrected chi connectivity index (χ1v) is 29.0. The average Bonchev–Trinajstić information content (AvgIpc) is 2.97. The Morgan fingerprint density at radius 3 is 0.932 bits per heavy atom. The van der Waals surface area contributed by atoms with E-state index in [1.54, 1.807) is 8.87 Å². The fraction of sp³-hybridized carbons (Fsp3) is 0.941. The number of hydrogen-bond acceptors (Lipinski definition) is 6. The van der Waals surface area contributed by atoms with Crippen molar-refractivity contribution in [1.82, 2.24) is 0 Å². The Morgan fingerprint density at radius 2 is 0.705 bits per heavy atom. The van der Waals surface area contributed by atoms with Crippen LogP contribution in [0.2, 0.25) is 18.8 Å². The Bertz CT molecular complexity index is 550. The molecule has 0 aliphatic heterocycles. The molecule has 0 fully saturated rings. The summed E-state index contributed by atoms with van der Waals surface area (Å²) in [5, 5.41) is 17.6. The van der Waals surface area contributed by atoms with Crippen molar-refractivity contribution in [3.8, 4) is 0 Å². The van der Waals surface area contributed by atoms with Crippen LogP contribution >= 0.6 is 50.5 Å². The number of hydrogen-bond donors (Lipinski definition) is 6. The van der Waals surface area contributed by atoms with Crippen molar-refractivity contribution in [3.05, 3.63) is 0 Å². The molecular weight excluding hydrogens is 838 g/mol. The van der Waals surface area contributed by atoms with Gasteiger partial charge in [-0.1, -0.05) is 117 Å². The molecule has 0 aromatic heterocycles. The third-order valence-corrected chi connectivity index (χ3v) is 12.6. The van der Waals surface area contributed by atoms with E-state index in [-0.39, 0.29) is 42.3 Å². The minimum atomic E-state index is -1.15. The molecule has 0 rings (SSSR count). The third-order valence-electron chi connectivity index (χ3n) is 6.86. The standard InChI is InChI=1S/2C12H24O2S2.2C4H9.2CH3.2Sn/c2*1-2-3-4-5-6-7-8-9-10-12(15,16)11(13)14;2*1-3-4-2;;;;/h2*15-16H,2-10H2,1H3,(H,13,14);2*1,3-4H2,2H3;2*1H3;;. The van der Waals surface area contributed by atoms with Crippen LogP contribution in [0.3, 0.4) is 0 Å². The van der Waals surface area contributed by atoms with E-state index in [0.717, 1.165) is 25.7 Å². The summed E-state index contributed by atoms with van der Waals surface area (Å²) in [7, 11) is 0. The van der Waals surface area contributed by atoms with Crippen LogP contribution in [0.25, 0.3) is 0 Å². The molecular formula is C34H72O4S4Sn2. The van der Waals surface area contributed by atoms with E-state index in [1.165, 1.54) is 103 Å². The summed E-state index contributed by atoms with van der Waals surface area (Å²) in [6.07, 6.45) is 26.3. The molecule has 4 radical (unpaired) electrons. The van der Waals surface area contributed by atoms with Gasteiger partial charge in [0, 0.05) is 0 Å². The zero-order chi connectivity index (χ0) is 34.5. The molecule has 0 saturated carbocycles. The summed E-state index contributed by atoms with van der Waals surface area (Å²) in [5.74, 6) is -1.88. The van der Waals surface area contributed by atoms with Crippen LogP contribution in [-0.2, 0) is 9.59 Å². The van der Waals surface area contributed by atoms with Gasteiger partial charge in [0.25, 0.3) is 0 Å². The van der Waals surface area contributed by atoms with Crippen molar-refractivity contribution < 1.29 is 19.8 Å². The van der Waals surface area contributed by atoms with Gasteiger partial charge >= 0.3 is 113 Å². The molecule has 44 heavy (non-hydrogen) atoms. The van der Waals surface area contributed by atoms with Gasteiger partial charge in [0.2, 0.25) is 0 Å². The van der Waals surface area contributed by atoms with Crippen LogP contribution in [0.4, 0.5) is 0 Å². The monoisotopic (exact) mass is 912 g/mol. The molecule has 4 nitrogen and oxygen atoms in total. The SMILES string of the molecule is CCCCCCCCCCC(S)(S)C(=O)O.CCCCCCCCCCC(S)(S)C(=O)O.CCC[CH2][Sn][CH2]CCC.[CH3][Sn][CH3]. The molecule has 0 aliphatic carbocycles. The van der Waals surface area contributed by atoms with Crippen molar-refractivity contribution in [3.63, 3.8) is 0 Å². The van der Waals surface area contributed by atoms with Crippen molar-refractivity contribution in [2.24, 2.45) is 0 Å². The third kappa shape index (κ3) is 46.1. The van der Waals surface area contributed by atoms with E-state index in [1.807, 2.05) is 0 Å². The fourth-order valence-corrected chi connectivity index (χ4v) is 8.74. The number of unbranched alkanes of at least 4 members (excludes halogenated alkanes) is 16. The maximum absolute atomic E-state index is 10.7. The molecule has 0 aromatic rings. The first-order valence-electron chi connectivity index (χ1n) is 17.5. The maximum atomic E-state index is 10.7. The van der Waals surface area contributed by atoms with Crippen LogP contribution in [0.5, 0.6) is 0 Å². The Morgan fingerprint density at radius 1 is 0.477 bits per heavy atom. The molecule has 0 spiro atoms. The van der Waals surface area contributed by atoms with Gasteiger partial charge in [0.15, 0.2) is 8.16 Å². The molecule has 0 saturated heterocycles. The van der Waals surface area contributed by atoms with Crippen LogP contribution in [0, 0.1) is 0 Å². The number of carboxylic acids is 2. The topological polar surface area (TPSA) is 74.6 Å². The minimum absolute atomic E-state index is 0.149. The van der Waals surface area contributed by atoms with Crippen LogP contribution in [0.15, 0.2) is 0 Å². The number of aliphatic carboxylic acids is 2. The summed E-state index contributed by atoms with van der Waals surface area (Å²) in [4.78, 5) is 26.0. The summed E-state index contributed by atoms with van der Waals surface area (Å²) < 4.78 is 0.949. The molecule has 0 aliphatic rings. The van der Waals surface area contributed by atoms with Crippen molar-refractivity contribution in [2.45, 2.75) is 196 Å². The summed E-state index contributed by atoms with van der Waals surface area (Å²) in [6, 6.07) is 0. The summed E-state index contributed by atoms with van der Waals surface area (Å²) >= 11 is 16.4. The van der Waals surface area contributed by atoms with E-state index in [9.17, 15) is 9.59 Å². The van der Waals surface area contributed by atoms with Gasteiger partial charge in [-0.2, -0.15) is 50.5 Å². The Kier molecular flexibility index (Phi) is 49.3. The van der Waals surface area contributed by atoms with Crippen molar-refractivity contribution >= 4 is 105 Å². The second-order valence-corrected chi connectivity index (χ2v) is 22.5. The molecule has 0 bridgehead atoms. The zero-order valence-electron chi connectivity index (χ0n) is 29.5. The van der Waals surface area contributed by atoms with E-state index >= 15 is 0 Å². The van der Waals surface area contributed by atoms with E-state index < -0.39 is 20.1 Å². The van der Waals surface area contributed by atoms with Crippen LogP contribution < -0.4 is 0 Å². The normalized spacial score (nSPS) is 11.0. The van der Waals surface area contributed by atoms with E-state index in [4.69, 9.17) is 10.2 Å². The first-order chi connectivity index (χ1) is 20.8. The first kappa shape index (κ1) is 52.7. The number of carbonyl (C=O) groups is 2. The van der Waals surface area contributed by atoms with Gasteiger partial charge in [0.1, 0.15) is 0 Å². The molecule has 0 heterocycles. The van der Waals surface area contributed by atoms with Crippen molar-refractivity contribution in [2.75, 3.05) is 0 Å². The van der Waals surface area contributed by atoms with Gasteiger partial charge in [-0.3, -0.25) is 0 Å². The second kappa shape index (κ2) is 41.1. The quantitative estimate of drug-likeness (QED) is 0.0226. The molecule has 2 N–H and O–H groups in total. The predicted molar refractivity (Wildman–Crippen MR) is 214 cm³/mol. The van der Waals surface area contributed by atoms with Crippen LogP contribution in [-0.4, -0.2) is 72.6 Å². The fourth-order valence-electron chi connectivity index (χ4n) is 3.95. The van der Waals surface area contributed by atoms with E-state index in [0.29, 0.717) is 12.8 Å². The number of rotatable bonds is 26. The van der Waals surface area contributed by atoms with E-state index in [2.05, 4.69) is 88.1 Å². The second-order valence-electron chi connectivity index (χ2n) is 11.7. The average molecular weight is 911 g/mol. The molecule has 0 amide bonds. The van der Waals surface area contributed by atoms with Gasteiger partial charge in [0.05, 0.1) is 0 Å². The van der Waals surface area contributed by atoms with Gasteiger partial charge in [-0.05, 0) is 12.8 Å². The predicted octanol–water partition coefficient (Wildman–Crippen LogP) is 12.2. The summed E-state index contributed by atoms with van der Waals surface area (Å²) in [5.41, 5.74) is 0. The van der Waals surface area contributed by atoms with Gasteiger partial charge in [-0.15, -0.1) is 0 Å². The number of carboxylic acid groups (broad SMARTS) is 2. The molecule has 0 unspecified atom stereocenters. The van der Waals surface area contributed by atoms with Crippen LogP contribution in [0.1, 0.15) is 169 Å². The Balaban J connectivity index is -0.000000270. The zero-order valence-corrected chi connectivity index (χ0v) is 38.8. The Labute approximate surface area is 317 Å². The van der Waals surface area contributed by atoms with Crippen molar-refractivity contribution in [1.29, 1.82) is 0 Å². The Hall–Kier alpha value is 1.94. The molecule has 10 heteroatoms. The summed E-state index contributed by atoms with van der Waals surface area (Å²) in [6.45, 7) is 9.01. The van der Waals surface area contributed by atoms with Gasteiger partial charge in [-0.25, -0.2) is 9.59 Å². The van der Waals surface area contributed by atoms with Gasteiger partial charge < -0.3 is 10.2 Å². The molecule has 264 valence electrons.